The Morgan fingerprint density at radius 2 is 2.47 bits per heavy atom. The largest absolute Gasteiger partial charge is 0.394 e. The lowest BCUT2D eigenvalue weighted by Gasteiger charge is -2.13. The van der Waals surface area contributed by atoms with Crippen molar-refractivity contribution in [2.24, 2.45) is 0 Å². The zero-order valence-corrected chi connectivity index (χ0v) is 8.78. The monoisotopic (exact) mass is 213 g/mol. The molecule has 1 heterocycles. The molecule has 0 aliphatic rings. The smallest absolute Gasteiger partial charge is 0.320 e. The van der Waals surface area contributed by atoms with Crippen LogP contribution in [0.4, 0.5) is 10.6 Å². The molecule has 6 nitrogen and oxygen atoms in total. The fourth-order valence-electron chi connectivity index (χ4n) is 1.04. The summed E-state index contributed by atoms with van der Waals surface area (Å²) < 4.78 is 4.78. The van der Waals surface area contributed by atoms with Crippen molar-refractivity contribution in [3.63, 3.8) is 0 Å². The number of aryl methyl sites for hydroxylation is 1. The van der Waals surface area contributed by atoms with E-state index in [1.165, 1.54) is 0 Å². The van der Waals surface area contributed by atoms with Crippen molar-refractivity contribution >= 4 is 11.8 Å². The lowest BCUT2D eigenvalue weighted by molar-refractivity contribution is 0.222. The van der Waals surface area contributed by atoms with E-state index in [9.17, 15) is 4.79 Å². The first-order valence-corrected chi connectivity index (χ1v) is 4.77. The van der Waals surface area contributed by atoms with Gasteiger partial charge in [0, 0.05) is 6.07 Å². The number of carbonyl (C=O) groups is 1. The minimum Gasteiger partial charge on any atom is -0.394 e. The molecule has 0 unspecified atom stereocenters. The molecule has 1 aromatic heterocycles. The summed E-state index contributed by atoms with van der Waals surface area (Å²) in [6, 6.07) is 0.974. The van der Waals surface area contributed by atoms with Gasteiger partial charge in [0.15, 0.2) is 5.82 Å². The molecule has 0 saturated heterocycles. The summed E-state index contributed by atoms with van der Waals surface area (Å²) in [5.74, 6) is 0.984. The van der Waals surface area contributed by atoms with Crippen LogP contribution in [0.1, 0.15) is 19.1 Å². The summed E-state index contributed by atoms with van der Waals surface area (Å²) in [4.78, 5) is 11.3. The van der Waals surface area contributed by atoms with Crippen LogP contribution in [0, 0.1) is 6.92 Å². The van der Waals surface area contributed by atoms with Crippen LogP contribution in [0.15, 0.2) is 10.6 Å². The van der Waals surface area contributed by atoms with Gasteiger partial charge in [-0.05, 0) is 13.3 Å². The van der Waals surface area contributed by atoms with Crippen molar-refractivity contribution in [3.8, 4) is 0 Å². The van der Waals surface area contributed by atoms with E-state index in [-0.39, 0.29) is 12.6 Å². The maximum absolute atomic E-state index is 11.3. The zero-order valence-electron chi connectivity index (χ0n) is 8.78. The molecule has 84 valence electrons. The van der Waals surface area contributed by atoms with Gasteiger partial charge in [0.1, 0.15) is 5.76 Å². The van der Waals surface area contributed by atoms with Gasteiger partial charge < -0.3 is 14.9 Å². The van der Waals surface area contributed by atoms with E-state index < -0.39 is 6.03 Å². The van der Waals surface area contributed by atoms with Crippen LogP contribution in [-0.2, 0) is 0 Å². The van der Waals surface area contributed by atoms with E-state index >= 15 is 0 Å². The molecule has 3 N–H and O–H groups in total. The number of carbonyl (C=O) groups excluding carboxylic acids is 1. The highest BCUT2D eigenvalue weighted by atomic mass is 16.5. The Bertz CT molecular complexity index is 320. The molecule has 0 radical (unpaired) electrons. The molecular weight excluding hydrogens is 198 g/mol. The maximum Gasteiger partial charge on any atom is 0.320 e. The SMILES string of the molecule is CC[C@H](CO)NC(=O)Nc1cc(C)on1. The lowest BCUT2D eigenvalue weighted by atomic mass is 10.2. The van der Waals surface area contributed by atoms with Crippen LogP contribution < -0.4 is 10.6 Å². The van der Waals surface area contributed by atoms with Gasteiger partial charge in [-0.25, -0.2) is 4.79 Å². The van der Waals surface area contributed by atoms with Gasteiger partial charge in [-0.15, -0.1) is 0 Å². The molecule has 0 aliphatic carbocycles. The molecule has 0 aromatic carbocycles. The average Bonchev–Trinajstić information content (AvgIpc) is 2.60. The summed E-state index contributed by atoms with van der Waals surface area (Å²) >= 11 is 0. The number of urea groups is 1. The highest BCUT2D eigenvalue weighted by Crippen LogP contribution is 2.06. The average molecular weight is 213 g/mol. The van der Waals surface area contributed by atoms with E-state index in [0.717, 1.165) is 0 Å². The second kappa shape index (κ2) is 5.35. The molecule has 1 aromatic rings. The van der Waals surface area contributed by atoms with Crippen molar-refractivity contribution in [2.75, 3.05) is 11.9 Å². The first kappa shape index (κ1) is 11.5. The van der Waals surface area contributed by atoms with Gasteiger partial charge in [-0.3, -0.25) is 5.32 Å². The second-order valence-corrected chi connectivity index (χ2v) is 3.21. The van der Waals surface area contributed by atoms with Gasteiger partial charge in [-0.2, -0.15) is 0 Å². The number of nitrogens with one attached hydrogen (secondary N) is 2. The number of aliphatic hydroxyl groups is 1. The fraction of sp³-hybridized carbons (Fsp3) is 0.556. The number of aromatic nitrogens is 1. The molecular formula is C9H15N3O3. The Kier molecular flexibility index (Phi) is 4.11. The number of anilines is 1. The quantitative estimate of drug-likeness (QED) is 0.692. The van der Waals surface area contributed by atoms with Crippen LogP contribution in [0.3, 0.4) is 0 Å². The van der Waals surface area contributed by atoms with Crippen molar-refractivity contribution in [2.45, 2.75) is 26.3 Å². The molecule has 15 heavy (non-hydrogen) atoms. The topological polar surface area (TPSA) is 87.4 Å². The highest BCUT2D eigenvalue weighted by molar-refractivity contribution is 5.88. The minimum atomic E-state index is -0.399. The number of rotatable bonds is 4. The molecule has 1 atom stereocenters. The van der Waals surface area contributed by atoms with Crippen LogP contribution >= 0.6 is 0 Å². The standard InChI is InChI=1S/C9H15N3O3/c1-3-7(5-13)10-9(14)11-8-4-6(2)15-12-8/h4,7,13H,3,5H2,1-2H3,(H2,10,11,12,14)/t7-/m1/s1. The van der Waals surface area contributed by atoms with Crippen LogP contribution in [-0.4, -0.2) is 28.9 Å². The lowest BCUT2D eigenvalue weighted by Crippen LogP contribution is -2.39. The van der Waals surface area contributed by atoms with Crippen molar-refractivity contribution in [3.05, 3.63) is 11.8 Å². The molecule has 6 heteroatoms. The molecule has 1 rings (SSSR count). The van der Waals surface area contributed by atoms with E-state index in [0.29, 0.717) is 18.0 Å². The molecule has 0 bridgehead atoms. The first-order valence-electron chi connectivity index (χ1n) is 4.77. The third-order valence-electron chi connectivity index (χ3n) is 1.92. The minimum absolute atomic E-state index is 0.0816. The molecule has 2 amide bonds. The highest BCUT2D eigenvalue weighted by Gasteiger charge is 2.10. The Morgan fingerprint density at radius 1 is 1.73 bits per heavy atom. The van der Waals surface area contributed by atoms with E-state index in [1.54, 1.807) is 13.0 Å². The summed E-state index contributed by atoms with van der Waals surface area (Å²) in [5, 5.41) is 17.6. The zero-order chi connectivity index (χ0) is 11.3. The number of aliphatic hydroxyl groups excluding tert-OH is 1. The van der Waals surface area contributed by atoms with Gasteiger partial charge in [0.2, 0.25) is 0 Å². The Morgan fingerprint density at radius 3 is 2.93 bits per heavy atom. The van der Waals surface area contributed by atoms with E-state index in [2.05, 4.69) is 15.8 Å². The second-order valence-electron chi connectivity index (χ2n) is 3.21. The van der Waals surface area contributed by atoms with Crippen LogP contribution in [0.2, 0.25) is 0 Å². The summed E-state index contributed by atoms with van der Waals surface area (Å²) in [7, 11) is 0. The predicted octanol–water partition coefficient (Wildman–Crippen LogP) is 0.875. The number of hydrogen-bond donors (Lipinski definition) is 3. The Balaban J connectivity index is 2.42. The third kappa shape index (κ3) is 3.59. The van der Waals surface area contributed by atoms with Gasteiger partial charge >= 0.3 is 6.03 Å². The maximum atomic E-state index is 11.3. The number of hydrogen-bond acceptors (Lipinski definition) is 4. The van der Waals surface area contributed by atoms with Crippen LogP contribution in [0.5, 0.6) is 0 Å². The van der Waals surface area contributed by atoms with E-state index in [4.69, 9.17) is 9.63 Å². The molecule has 0 fully saturated rings. The Labute approximate surface area is 87.6 Å². The van der Waals surface area contributed by atoms with E-state index in [1.807, 2.05) is 6.92 Å². The summed E-state index contributed by atoms with van der Waals surface area (Å²) in [6.07, 6.45) is 0.668. The molecule has 0 spiro atoms. The molecule has 0 aliphatic heterocycles. The van der Waals surface area contributed by atoms with Crippen molar-refractivity contribution in [1.82, 2.24) is 10.5 Å². The normalized spacial score (nSPS) is 12.2. The third-order valence-corrected chi connectivity index (χ3v) is 1.92. The van der Waals surface area contributed by atoms with Crippen LogP contribution in [0.25, 0.3) is 0 Å². The van der Waals surface area contributed by atoms with Gasteiger partial charge in [0.25, 0.3) is 0 Å². The van der Waals surface area contributed by atoms with Crippen molar-refractivity contribution in [1.29, 1.82) is 0 Å². The fourth-order valence-corrected chi connectivity index (χ4v) is 1.04. The number of nitrogens with zero attached hydrogens (tertiary/aromatic N) is 1. The van der Waals surface area contributed by atoms with Gasteiger partial charge in [-0.1, -0.05) is 12.1 Å². The summed E-state index contributed by atoms with van der Waals surface area (Å²) in [5.41, 5.74) is 0. The predicted molar refractivity (Wildman–Crippen MR) is 54.6 cm³/mol. The Hall–Kier alpha value is -1.56. The molecule has 0 saturated carbocycles. The number of amides is 2. The van der Waals surface area contributed by atoms with Gasteiger partial charge in [0.05, 0.1) is 12.6 Å². The first-order chi connectivity index (χ1) is 7.15. The summed E-state index contributed by atoms with van der Waals surface area (Å²) in [6.45, 7) is 3.53. The van der Waals surface area contributed by atoms with Crippen molar-refractivity contribution < 1.29 is 14.4 Å².